The molecular formula is C29H38FN7O4S. The summed E-state index contributed by atoms with van der Waals surface area (Å²) in [4.78, 5) is 22.9. The fraction of sp³-hybridized carbons (Fsp3) is 0.552. The standard InChI is InChI=1S/C29H38FN7O4S/c1-3-34(2)42(39,40)33-29(38)24-19-25(36-13-11-22(12-14-36)35-15-17-41-18-16-35)26-27(20-5-4-6-20)32-37(28(26)31-24)23-9-7-21(30)8-10-23/h7-10,19-20,22H,3-6,11-18H2,1-2H3,(H,33,38). The van der Waals surface area contributed by atoms with Gasteiger partial charge in [0.05, 0.1) is 35.7 Å². The van der Waals surface area contributed by atoms with Crippen LogP contribution >= 0.6 is 0 Å². The molecule has 0 unspecified atom stereocenters. The van der Waals surface area contributed by atoms with Gasteiger partial charge in [-0.3, -0.25) is 9.69 Å². The van der Waals surface area contributed by atoms with Crippen molar-refractivity contribution < 1.29 is 22.3 Å². The van der Waals surface area contributed by atoms with E-state index < -0.39 is 16.1 Å². The van der Waals surface area contributed by atoms with Gasteiger partial charge in [0.2, 0.25) is 0 Å². The fourth-order valence-electron chi connectivity index (χ4n) is 6.05. The summed E-state index contributed by atoms with van der Waals surface area (Å²) in [6, 6.07) is 8.18. The highest BCUT2D eigenvalue weighted by Gasteiger charge is 2.33. The number of nitrogens with one attached hydrogen (secondary N) is 1. The lowest BCUT2D eigenvalue weighted by Gasteiger charge is -2.41. The third-order valence-corrected chi connectivity index (χ3v) is 10.4. The number of nitrogens with zero attached hydrogens (tertiary/aromatic N) is 6. The number of halogens is 1. The van der Waals surface area contributed by atoms with E-state index in [9.17, 15) is 17.6 Å². The SMILES string of the molecule is CCN(C)S(=O)(=O)NC(=O)c1cc(N2CCC(N3CCOCC3)CC2)c2c(C3CCC3)nn(-c3ccc(F)cc3)c2n1. The van der Waals surface area contributed by atoms with Crippen molar-refractivity contribution in [3.8, 4) is 5.69 Å². The van der Waals surface area contributed by atoms with Crippen LogP contribution in [0.4, 0.5) is 10.1 Å². The molecule has 2 saturated heterocycles. The molecule has 1 N–H and O–H groups in total. The molecule has 1 aromatic carbocycles. The van der Waals surface area contributed by atoms with Gasteiger partial charge in [0.25, 0.3) is 5.91 Å². The van der Waals surface area contributed by atoms with Crippen molar-refractivity contribution in [3.05, 3.63) is 47.5 Å². The van der Waals surface area contributed by atoms with Crippen LogP contribution in [0, 0.1) is 5.82 Å². The average Bonchev–Trinajstić information content (AvgIpc) is 3.35. The van der Waals surface area contributed by atoms with Crippen molar-refractivity contribution in [1.82, 2.24) is 28.7 Å². The van der Waals surface area contributed by atoms with Crippen LogP contribution in [0.25, 0.3) is 16.7 Å². The molecule has 4 heterocycles. The Morgan fingerprint density at radius 2 is 1.79 bits per heavy atom. The Morgan fingerprint density at radius 3 is 2.40 bits per heavy atom. The van der Waals surface area contributed by atoms with E-state index in [4.69, 9.17) is 14.8 Å². The van der Waals surface area contributed by atoms with Gasteiger partial charge < -0.3 is 9.64 Å². The summed E-state index contributed by atoms with van der Waals surface area (Å²) >= 11 is 0. The maximum absolute atomic E-state index is 13.8. The molecule has 0 bridgehead atoms. The van der Waals surface area contributed by atoms with Crippen molar-refractivity contribution in [2.45, 2.75) is 51.0 Å². The lowest BCUT2D eigenvalue weighted by atomic mass is 9.82. The van der Waals surface area contributed by atoms with E-state index in [0.717, 1.165) is 92.6 Å². The Balaban J connectivity index is 1.44. The quantitative estimate of drug-likeness (QED) is 0.421. The van der Waals surface area contributed by atoms with Gasteiger partial charge in [-0.25, -0.2) is 18.8 Å². The van der Waals surface area contributed by atoms with Crippen molar-refractivity contribution in [3.63, 3.8) is 0 Å². The van der Waals surface area contributed by atoms with Gasteiger partial charge in [-0.2, -0.15) is 17.8 Å². The number of pyridine rings is 1. The molecule has 42 heavy (non-hydrogen) atoms. The van der Waals surface area contributed by atoms with Crippen molar-refractivity contribution >= 4 is 32.8 Å². The van der Waals surface area contributed by atoms with Crippen LogP contribution in [0.5, 0.6) is 0 Å². The minimum atomic E-state index is -4.04. The summed E-state index contributed by atoms with van der Waals surface area (Å²) in [6.07, 6.45) is 5.07. The number of amides is 1. The first-order valence-electron chi connectivity index (χ1n) is 14.8. The fourth-order valence-corrected chi connectivity index (χ4v) is 6.88. The number of fused-ring (bicyclic) bond motifs is 1. The van der Waals surface area contributed by atoms with Crippen LogP contribution in [0.15, 0.2) is 30.3 Å². The topological polar surface area (TPSA) is 113 Å². The number of hydrogen-bond acceptors (Lipinski definition) is 8. The zero-order chi connectivity index (χ0) is 29.4. The number of piperidine rings is 1. The van der Waals surface area contributed by atoms with Crippen molar-refractivity contribution in [1.29, 1.82) is 0 Å². The Hall–Kier alpha value is -3.13. The van der Waals surface area contributed by atoms with Crippen molar-refractivity contribution in [2.24, 2.45) is 0 Å². The Morgan fingerprint density at radius 1 is 1.10 bits per heavy atom. The van der Waals surface area contributed by atoms with Crippen LogP contribution < -0.4 is 9.62 Å². The van der Waals surface area contributed by atoms with Crippen LogP contribution in [-0.4, -0.2) is 97.3 Å². The predicted molar refractivity (Wildman–Crippen MR) is 158 cm³/mol. The van der Waals surface area contributed by atoms with E-state index >= 15 is 0 Å². The number of hydrogen-bond donors (Lipinski definition) is 1. The first-order chi connectivity index (χ1) is 20.2. The minimum Gasteiger partial charge on any atom is -0.379 e. The number of benzene rings is 1. The summed E-state index contributed by atoms with van der Waals surface area (Å²) in [5, 5.41) is 5.87. The van der Waals surface area contributed by atoms with Gasteiger partial charge in [-0.15, -0.1) is 0 Å². The van der Waals surface area contributed by atoms with Gasteiger partial charge in [0, 0.05) is 51.7 Å². The highest BCUT2D eigenvalue weighted by molar-refractivity contribution is 7.87. The van der Waals surface area contributed by atoms with Gasteiger partial charge in [-0.1, -0.05) is 13.3 Å². The molecule has 3 aliphatic rings. The molecule has 1 saturated carbocycles. The zero-order valence-electron chi connectivity index (χ0n) is 24.1. The highest BCUT2D eigenvalue weighted by Crippen LogP contribution is 2.43. The third-order valence-electron chi connectivity index (χ3n) is 8.88. The number of carbonyl (C=O) groups excluding carboxylic acids is 1. The Kier molecular flexibility index (Phi) is 8.18. The molecular weight excluding hydrogens is 561 g/mol. The third kappa shape index (κ3) is 5.62. The van der Waals surface area contributed by atoms with Gasteiger partial charge in [0.1, 0.15) is 11.5 Å². The summed E-state index contributed by atoms with van der Waals surface area (Å²) in [7, 11) is -2.63. The molecule has 3 aromatic rings. The van der Waals surface area contributed by atoms with Crippen LogP contribution in [0.3, 0.4) is 0 Å². The number of carbonyl (C=O) groups is 1. The summed E-state index contributed by atoms with van der Waals surface area (Å²) in [5.74, 6) is -0.908. The molecule has 13 heteroatoms. The summed E-state index contributed by atoms with van der Waals surface area (Å²) < 4.78 is 49.7. The second-order valence-electron chi connectivity index (χ2n) is 11.3. The van der Waals surface area contributed by atoms with Crippen LogP contribution in [0.2, 0.25) is 0 Å². The first kappa shape index (κ1) is 29.0. The molecule has 1 amide bonds. The maximum Gasteiger partial charge on any atom is 0.303 e. The normalized spacial score (nSPS) is 19.4. The predicted octanol–water partition coefficient (Wildman–Crippen LogP) is 3.05. The summed E-state index contributed by atoms with van der Waals surface area (Å²) in [6.45, 7) is 6.85. The van der Waals surface area contributed by atoms with E-state index in [-0.39, 0.29) is 24.0 Å². The lowest BCUT2D eigenvalue weighted by molar-refractivity contribution is 0.0115. The molecule has 226 valence electrons. The van der Waals surface area contributed by atoms with Gasteiger partial charge >= 0.3 is 10.2 Å². The summed E-state index contributed by atoms with van der Waals surface area (Å²) in [5.41, 5.74) is 2.82. The number of anilines is 1. The molecule has 2 aliphatic heterocycles. The smallest absolute Gasteiger partial charge is 0.303 e. The Bertz CT molecular complexity index is 1540. The second-order valence-corrected chi connectivity index (χ2v) is 13.1. The van der Waals surface area contributed by atoms with Crippen molar-refractivity contribution in [2.75, 3.05) is 57.9 Å². The number of ether oxygens (including phenoxy) is 1. The molecule has 0 spiro atoms. The maximum atomic E-state index is 13.8. The number of rotatable bonds is 8. The first-order valence-corrected chi connectivity index (χ1v) is 16.2. The molecule has 1 aliphatic carbocycles. The molecule has 11 nitrogen and oxygen atoms in total. The van der Waals surface area contributed by atoms with Gasteiger partial charge in [-0.05, 0) is 56.0 Å². The second kappa shape index (κ2) is 11.9. The average molecular weight is 600 g/mol. The van der Waals surface area contributed by atoms with Gasteiger partial charge in [0.15, 0.2) is 5.65 Å². The van der Waals surface area contributed by atoms with Crippen LogP contribution in [0.1, 0.15) is 61.1 Å². The highest BCUT2D eigenvalue weighted by atomic mass is 32.2. The molecule has 0 atom stereocenters. The molecule has 3 fully saturated rings. The van der Waals surface area contributed by atoms with E-state index in [1.165, 1.54) is 19.2 Å². The van der Waals surface area contributed by atoms with E-state index in [1.807, 2.05) is 0 Å². The van der Waals surface area contributed by atoms with E-state index in [0.29, 0.717) is 17.4 Å². The molecule has 2 aromatic heterocycles. The number of aromatic nitrogens is 3. The zero-order valence-corrected chi connectivity index (χ0v) is 24.9. The monoisotopic (exact) mass is 599 g/mol. The van der Waals surface area contributed by atoms with E-state index in [1.54, 1.807) is 29.8 Å². The van der Waals surface area contributed by atoms with E-state index in [2.05, 4.69) is 14.5 Å². The Labute approximate surface area is 245 Å². The minimum absolute atomic E-state index is 0.00991. The molecule has 6 rings (SSSR count). The van der Waals surface area contributed by atoms with Crippen LogP contribution in [-0.2, 0) is 14.9 Å². The lowest BCUT2D eigenvalue weighted by Crippen LogP contribution is -2.49. The largest absolute Gasteiger partial charge is 0.379 e. The number of morpholine rings is 1. The molecule has 0 radical (unpaired) electrons.